The van der Waals surface area contributed by atoms with Crippen molar-refractivity contribution in [1.29, 1.82) is 5.26 Å². The number of piperidine rings is 1. The zero-order valence-electron chi connectivity index (χ0n) is 16.5. The highest BCUT2D eigenvalue weighted by atomic mass is 15.3. The number of hydrogen-bond acceptors (Lipinski definition) is 7. The third-order valence-corrected chi connectivity index (χ3v) is 6.10. The van der Waals surface area contributed by atoms with E-state index < -0.39 is 0 Å². The molecule has 3 atom stereocenters. The van der Waals surface area contributed by atoms with Crippen molar-refractivity contribution in [2.24, 2.45) is 0 Å². The van der Waals surface area contributed by atoms with Crippen LogP contribution in [-0.4, -0.2) is 54.1 Å². The van der Waals surface area contributed by atoms with E-state index in [0.717, 1.165) is 48.2 Å². The molecule has 2 bridgehead atoms. The first-order valence-electron chi connectivity index (χ1n) is 10.2. The Morgan fingerprint density at radius 2 is 2.14 bits per heavy atom. The molecule has 5 rings (SSSR count). The summed E-state index contributed by atoms with van der Waals surface area (Å²) in [6.07, 6.45) is 10.8. The number of imidazole rings is 1. The molecule has 9 heteroatoms. The van der Waals surface area contributed by atoms with Crippen LogP contribution < -0.4 is 10.6 Å². The maximum absolute atomic E-state index is 8.93. The zero-order valence-corrected chi connectivity index (χ0v) is 16.5. The molecule has 0 spiro atoms. The van der Waals surface area contributed by atoms with Gasteiger partial charge in [0.2, 0.25) is 5.95 Å². The first kappa shape index (κ1) is 17.9. The molecule has 0 saturated carbocycles. The lowest BCUT2D eigenvalue weighted by Gasteiger charge is -2.38. The van der Waals surface area contributed by atoms with Crippen LogP contribution in [0.2, 0.25) is 0 Å². The molecule has 3 N–H and O–H groups in total. The number of aromatic nitrogens is 5. The van der Waals surface area contributed by atoms with Crippen LogP contribution in [0.1, 0.15) is 37.8 Å². The van der Waals surface area contributed by atoms with Gasteiger partial charge in [-0.2, -0.15) is 15.3 Å². The lowest BCUT2D eigenvalue weighted by molar-refractivity contribution is 0.135. The van der Waals surface area contributed by atoms with Crippen LogP contribution in [0.3, 0.4) is 0 Å². The molecule has 3 aromatic rings. The molecule has 2 aliphatic rings. The molecular formula is C20H25N9. The summed E-state index contributed by atoms with van der Waals surface area (Å²) in [5, 5.41) is 23.1. The van der Waals surface area contributed by atoms with Crippen molar-refractivity contribution in [3.05, 3.63) is 30.4 Å². The monoisotopic (exact) mass is 391 g/mol. The lowest BCUT2D eigenvalue weighted by atomic mass is 9.97. The molecular weight excluding hydrogens is 366 g/mol. The van der Waals surface area contributed by atoms with Crippen molar-refractivity contribution in [1.82, 2.24) is 29.5 Å². The van der Waals surface area contributed by atoms with E-state index in [1.54, 1.807) is 6.20 Å². The Morgan fingerprint density at radius 3 is 2.86 bits per heavy atom. The third kappa shape index (κ3) is 3.40. The normalized spacial score (nSPS) is 23.9. The molecule has 2 fully saturated rings. The molecule has 2 aliphatic heterocycles. The number of nitriles is 1. The fourth-order valence-corrected chi connectivity index (χ4v) is 4.85. The second-order valence-electron chi connectivity index (χ2n) is 8.02. The number of H-pyrrole nitrogens is 1. The maximum Gasteiger partial charge on any atom is 0.209 e. The van der Waals surface area contributed by atoms with E-state index in [1.165, 1.54) is 12.8 Å². The topological polar surface area (TPSA) is 110 Å². The van der Waals surface area contributed by atoms with Gasteiger partial charge in [0.25, 0.3) is 0 Å². The minimum Gasteiger partial charge on any atom is -0.352 e. The standard InChI is InChI=1S/C20H25N9/c1-13-9-18(27-26-13)24-19-17-12-22-6-8-29(17)20(25-19)23-14-10-15-3-4-16(11-14)28(15)7-2-5-21/h6,8-9,12,14-16H,2-4,7,10-11H2,1H3,(H,23,25)(H2,24,26,27)/t14-,15-,16?/m0/s1. The van der Waals surface area contributed by atoms with E-state index in [2.05, 4.69) is 36.8 Å². The Morgan fingerprint density at radius 1 is 1.31 bits per heavy atom. The van der Waals surface area contributed by atoms with Gasteiger partial charge in [-0.3, -0.25) is 19.4 Å². The lowest BCUT2D eigenvalue weighted by Crippen LogP contribution is -2.47. The number of anilines is 3. The largest absolute Gasteiger partial charge is 0.352 e. The first-order valence-corrected chi connectivity index (χ1v) is 10.2. The number of nitrogens with zero attached hydrogens (tertiary/aromatic N) is 6. The Bertz CT molecular complexity index is 1030. The van der Waals surface area contributed by atoms with Crippen molar-refractivity contribution in [2.45, 2.75) is 57.2 Å². The van der Waals surface area contributed by atoms with Gasteiger partial charge in [-0.25, -0.2) is 0 Å². The second kappa shape index (κ2) is 7.37. The summed E-state index contributed by atoms with van der Waals surface area (Å²) >= 11 is 0. The highest BCUT2D eigenvalue weighted by molar-refractivity contribution is 5.75. The van der Waals surface area contributed by atoms with Crippen LogP contribution in [0.4, 0.5) is 17.6 Å². The van der Waals surface area contributed by atoms with Gasteiger partial charge in [-0.15, -0.1) is 0 Å². The average molecular weight is 391 g/mol. The van der Waals surface area contributed by atoms with Gasteiger partial charge in [-0.05, 0) is 32.6 Å². The van der Waals surface area contributed by atoms with Gasteiger partial charge < -0.3 is 10.6 Å². The third-order valence-electron chi connectivity index (χ3n) is 6.10. The van der Waals surface area contributed by atoms with Gasteiger partial charge in [0.05, 0.1) is 12.3 Å². The Labute approximate surface area is 169 Å². The van der Waals surface area contributed by atoms with Crippen LogP contribution in [0.15, 0.2) is 24.7 Å². The Hall–Kier alpha value is -3.12. The second-order valence-corrected chi connectivity index (χ2v) is 8.02. The van der Waals surface area contributed by atoms with Gasteiger partial charge in [0.15, 0.2) is 11.6 Å². The fourth-order valence-electron chi connectivity index (χ4n) is 4.85. The molecule has 0 aliphatic carbocycles. The number of aromatic amines is 1. The van der Waals surface area contributed by atoms with Crippen LogP contribution in [0.25, 0.3) is 5.52 Å². The minimum absolute atomic E-state index is 0.380. The minimum atomic E-state index is 0.380. The van der Waals surface area contributed by atoms with Crippen molar-refractivity contribution in [3.8, 4) is 6.07 Å². The zero-order chi connectivity index (χ0) is 19.8. The summed E-state index contributed by atoms with van der Waals surface area (Å²) in [6, 6.07) is 5.75. The smallest absolute Gasteiger partial charge is 0.209 e. The molecule has 9 nitrogen and oxygen atoms in total. The summed E-state index contributed by atoms with van der Waals surface area (Å²) in [4.78, 5) is 11.6. The van der Waals surface area contributed by atoms with E-state index in [1.807, 2.05) is 29.8 Å². The van der Waals surface area contributed by atoms with Crippen molar-refractivity contribution in [2.75, 3.05) is 17.2 Å². The van der Waals surface area contributed by atoms with Crippen molar-refractivity contribution >= 4 is 23.1 Å². The molecule has 29 heavy (non-hydrogen) atoms. The van der Waals surface area contributed by atoms with Crippen LogP contribution in [0, 0.1) is 18.3 Å². The van der Waals surface area contributed by atoms with Gasteiger partial charge in [0, 0.05) is 55.2 Å². The highest BCUT2D eigenvalue weighted by Crippen LogP contribution is 2.37. The number of fused-ring (bicyclic) bond motifs is 3. The van der Waals surface area contributed by atoms with Crippen LogP contribution in [-0.2, 0) is 0 Å². The maximum atomic E-state index is 8.93. The van der Waals surface area contributed by atoms with Crippen LogP contribution in [0.5, 0.6) is 0 Å². The van der Waals surface area contributed by atoms with Crippen molar-refractivity contribution in [3.63, 3.8) is 0 Å². The summed E-state index contributed by atoms with van der Waals surface area (Å²) in [5.74, 6) is 2.30. The highest BCUT2D eigenvalue weighted by Gasteiger charge is 2.40. The summed E-state index contributed by atoms with van der Waals surface area (Å²) < 4.78 is 2.04. The predicted octanol–water partition coefficient (Wildman–Crippen LogP) is 2.83. The predicted molar refractivity (Wildman–Crippen MR) is 110 cm³/mol. The molecule has 0 amide bonds. The van der Waals surface area contributed by atoms with E-state index >= 15 is 0 Å². The number of hydrogen-bond donors (Lipinski definition) is 3. The van der Waals surface area contributed by atoms with E-state index in [0.29, 0.717) is 24.5 Å². The molecule has 150 valence electrons. The molecule has 3 aromatic heterocycles. The SMILES string of the molecule is Cc1cc(Nc2nc(N[C@@H]3CC4CC[C@@H](C3)N4CCC#N)n3ccncc23)n[nH]1. The molecule has 0 radical (unpaired) electrons. The Kier molecular flexibility index (Phi) is 4.56. The van der Waals surface area contributed by atoms with E-state index in [-0.39, 0.29) is 0 Å². The molecule has 5 heterocycles. The van der Waals surface area contributed by atoms with Crippen LogP contribution >= 0.6 is 0 Å². The molecule has 0 aromatic carbocycles. The van der Waals surface area contributed by atoms with Crippen molar-refractivity contribution < 1.29 is 0 Å². The summed E-state index contributed by atoms with van der Waals surface area (Å²) in [7, 11) is 0. The quantitative estimate of drug-likeness (QED) is 0.593. The van der Waals surface area contributed by atoms with Gasteiger partial charge in [-0.1, -0.05) is 0 Å². The van der Waals surface area contributed by atoms with E-state index in [4.69, 9.17) is 10.2 Å². The summed E-state index contributed by atoms with van der Waals surface area (Å²) in [5.41, 5.74) is 1.90. The fraction of sp³-hybridized carbons (Fsp3) is 0.500. The molecule has 2 saturated heterocycles. The molecule has 1 unspecified atom stereocenters. The number of rotatable bonds is 6. The Balaban J connectivity index is 1.36. The van der Waals surface area contributed by atoms with E-state index in [9.17, 15) is 0 Å². The number of nitrogens with one attached hydrogen (secondary N) is 3. The number of aryl methyl sites for hydroxylation is 1. The van der Waals surface area contributed by atoms with Gasteiger partial charge in [0.1, 0.15) is 5.52 Å². The summed E-state index contributed by atoms with van der Waals surface area (Å²) in [6.45, 7) is 2.86. The average Bonchev–Trinajstić information content (AvgIpc) is 3.35. The first-order chi connectivity index (χ1) is 14.2. The van der Waals surface area contributed by atoms with Gasteiger partial charge >= 0.3 is 0 Å².